The number of aromatic nitrogens is 2. The second-order valence-corrected chi connectivity index (χ2v) is 4.75. The van der Waals surface area contributed by atoms with E-state index in [1.807, 2.05) is 24.3 Å². The molecule has 2 aromatic heterocycles. The van der Waals surface area contributed by atoms with E-state index in [2.05, 4.69) is 60.2 Å². The zero-order valence-corrected chi connectivity index (χ0v) is 15.0. The number of hydrogen-bond acceptors (Lipinski definition) is 1. The number of benzene rings is 1. The van der Waals surface area contributed by atoms with Crippen molar-refractivity contribution >= 4 is 0 Å². The van der Waals surface area contributed by atoms with Crippen LogP contribution >= 0.6 is 0 Å². The monoisotopic (exact) mass is 348 g/mol. The van der Waals surface area contributed by atoms with Crippen molar-refractivity contribution in [1.29, 1.82) is 0 Å². The summed E-state index contributed by atoms with van der Waals surface area (Å²) in [4.78, 5) is 4.07. The summed E-state index contributed by atoms with van der Waals surface area (Å²) >= 11 is 0. The molecule has 101 valence electrons. The zero-order valence-electron chi connectivity index (χ0n) is 12.2. The minimum Gasteiger partial charge on any atom is -0.371 e. The Morgan fingerprint density at radius 2 is 1.95 bits per heavy atom. The molecule has 0 aliphatic rings. The van der Waals surface area contributed by atoms with Gasteiger partial charge in [-0.15, -0.1) is 12.1 Å². The number of rotatable bonds is 2. The number of aryl methyl sites for hydroxylation is 1. The third kappa shape index (κ3) is 3.28. The van der Waals surface area contributed by atoms with Crippen molar-refractivity contribution in [1.82, 2.24) is 4.98 Å². The van der Waals surface area contributed by atoms with Gasteiger partial charge in [0.05, 0.1) is 0 Å². The molecule has 0 aliphatic carbocycles. The first-order chi connectivity index (χ1) is 9.77. The molecule has 0 amide bonds. The maximum Gasteiger partial charge on any atom is 0.193 e. The zero-order chi connectivity index (χ0) is 13.9. The molecule has 21 heavy (non-hydrogen) atoms. The Morgan fingerprint density at radius 1 is 1.10 bits per heavy atom. The van der Waals surface area contributed by atoms with Crippen molar-refractivity contribution in [3.8, 4) is 22.4 Å². The van der Waals surface area contributed by atoms with Gasteiger partial charge in [0, 0.05) is 44.8 Å². The van der Waals surface area contributed by atoms with Crippen LogP contribution in [0.15, 0.2) is 54.9 Å². The fraction of sp³-hybridized carbons (Fsp3) is 0.111. The summed E-state index contributed by atoms with van der Waals surface area (Å²) in [7, 11) is 2.06. The van der Waals surface area contributed by atoms with E-state index in [1.54, 1.807) is 6.20 Å². The van der Waals surface area contributed by atoms with Crippen LogP contribution in [0.4, 0.5) is 0 Å². The van der Waals surface area contributed by atoms with E-state index in [0.29, 0.717) is 0 Å². The normalized spacial score (nSPS) is 10.0. The van der Waals surface area contributed by atoms with Crippen molar-refractivity contribution in [3.63, 3.8) is 0 Å². The molecule has 0 aliphatic heterocycles. The summed E-state index contributed by atoms with van der Waals surface area (Å²) < 4.78 is 2.12. The SMILES string of the molecule is Cc1c(-c2[c-]nccc2)[c-]ccc1-c1cccc[n+]1C.[Y]. The van der Waals surface area contributed by atoms with E-state index in [1.165, 1.54) is 16.8 Å². The van der Waals surface area contributed by atoms with E-state index >= 15 is 0 Å². The van der Waals surface area contributed by atoms with E-state index < -0.39 is 0 Å². The molecule has 0 unspecified atom stereocenters. The summed E-state index contributed by atoms with van der Waals surface area (Å²) in [5.41, 5.74) is 5.62. The molecular formula is C18H15N2Y-. The molecule has 0 bridgehead atoms. The third-order valence-electron chi connectivity index (χ3n) is 3.47. The summed E-state index contributed by atoms with van der Waals surface area (Å²) in [6.07, 6.45) is 6.82. The van der Waals surface area contributed by atoms with Gasteiger partial charge in [-0.3, -0.25) is 0 Å². The van der Waals surface area contributed by atoms with Gasteiger partial charge < -0.3 is 4.98 Å². The summed E-state index contributed by atoms with van der Waals surface area (Å²) in [6, 6.07) is 17.5. The Morgan fingerprint density at radius 3 is 2.67 bits per heavy atom. The predicted octanol–water partition coefficient (Wildman–Crippen LogP) is 3.15. The molecule has 3 aromatic rings. The van der Waals surface area contributed by atoms with Crippen LogP contribution in [0.5, 0.6) is 0 Å². The minimum atomic E-state index is 0. The molecule has 0 spiro atoms. The molecule has 2 heterocycles. The Bertz CT molecular complexity index is 739. The van der Waals surface area contributed by atoms with Crippen molar-refractivity contribution in [3.05, 3.63) is 72.7 Å². The van der Waals surface area contributed by atoms with Gasteiger partial charge in [-0.1, -0.05) is 19.3 Å². The van der Waals surface area contributed by atoms with E-state index in [9.17, 15) is 0 Å². The standard InChI is InChI=1S/C18H15N2.Y/c1-14-16(15-7-6-11-19-13-15)8-5-9-17(14)18-10-3-4-12-20(18)2;/h3-7,9-12H,1-2H3;/q-1;. The molecule has 0 fully saturated rings. The van der Waals surface area contributed by atoms with Gasteiger partial charge in [0.2, 0.25) is 0 Å². The van der Waals surface area contributed by atoms with Crippen LogP contribution in [0.25, 0.3) is 22.4 Å². The van der Waals surface area contributed by atoms with Crippen LogP contribution < -0.4 is 4.57 Å². The second-order valence-electron chi connectivity index (χ2n) is 4.75. The van der Waals surface area contributed by atoms with Crippen LogP contribution in [-0.4, -0.2) is 4.98 Å². The van der Waals surface area contributed by atoms with Crippen molar-refractivity contribution in [2.45, 2.75) is 6.92 Å². The van der Waals surface area contributed by atoms with E-state index in [4.69, 9.17) is 0 Å². The van der Waals surface area contributed by atoms with Gasteiger partial charge >= 0.3 is 0 Å². The first-order valence-electron chi connectivity index (χ1n) is 6.57. The summed E-state index contributed by atoms with van der Waals surface area (Å²) in [6.45, 7) is 2.12. The van der Waals surface area contributed by atoms with Crippen molar-refractivity contribution in [2.24, 2.45) is 7.05 Å². The van der Waals surface area contributed by atoms with Gasteiger partial charge in [-0.2, -0.15) is 23.8 Å². The minimum absolute atomic E-state index is 0. The van der Waals surface area contributed by atoms with Crippen LogP contribution in [-0.2, 0) is 39.8 Å². The molecule has 3 heteroatoms. The van der Waals surface area contributed by atoms with E-state index in [0.717, 1.165) is 11.1 Å². The maximum absolute atomic E-state index is 4.07. The Balaban J connectivity index is 0.00000161. The van der Waals surface area contributed by atoms with Crippen LogP contribution in [0.3, 0.4) is 0 Å². The fourth-order valence-electron chi connectivity index (χ4n) is 2.40. The number of nitrogens with zero attached hydrogens (tertiary/aromatic N) is 2. The Hall–Kier alpha value is -1.38. The average Bonchev–Trinajstić information content (AvgIpc) is 2.49. The second kappa shape index (κ2) is 7.06. The van der Waals surface area contributed by atoms with Crippen LogP contribution in [0, 0.1) is 19.2 Å². The summed E-state index contributed by atoms with van der Waals surface area (Å²) in [5, 5.41) is 0. The molecule has 1 aromatic carbocycles. The van der Waals surface area contributed by atoms with Gasteiger partial charge in [0.1, 0.15) is 7.05 Å². The molecule has 0 saturated carbocycles. The third-order valence-corrected chi connectivity index (χ3v) is 3.47. The molecule has 2 nitrogen and oxygen atoms in total. The molecule has 1 radical (unpaired) electrons. The maximum atomic E-state index is 4.07. The number of pyridine rings is 2. The van der Waals surface area contributed by atoms with Crippen molar-refractivity contribution in [2.75, 3.05) is 0 Å². The Labute approximate surface area is 150 Å². The molecular weight excluding hydrogens is 333 g/mol. The van der Waals surface area contributed by atoms with Gasteiger partial charge in [-0.25, -0.2) is 15.7 Å². The van der Waals surface area contributed by atoms with Crippen molar-refractivity contribution < 1.29 is 37.3 Å². The first-order valence-corrected chi connectivity index (χ1v) is 6.57. The van der Waals surface area contributed by atoms with Gasteiger partial charge in [-0.05, 0) is 11.6 Å². The predicted molar refractivity (Wildman–Crippen MR) is 78.7 cm³/mol. The van der Waals surface area contributed by atoms with Gasteiger partial charge in [0.25, 0.3) is 0 Å². The smallest absolute Gasteiger partial charge is 0.193 e. The largest absolute Gasteiger partial charge is 0.371 e. The quantitative estimate of drug-likeness (QED) is 0.514. The van der Waals surface area contributed by atoms with E-state index in [-0.39, 0.29) is 32.7 Å². The average molecular weight is 348 g/mol. The molecule has 0 saturated heterocycles. The summed E-state index contributed by atoms with van der Waals surface area (Å²) in [5.74, 6) is 0. The fourth-order valence-corrected chi connectivity index (χ4v) is 2.40. The Kier molecular flexibility index (Phi) is 5.38. The molecule has 0 N–H and O–H groups in total. The van der Waals surface area contributed by atoms with Gasteiger partial charge in [0.15, 0.2) is 11.9 Å². The number of hydrogen-bond donors (Lipinski definition) is 0. The molecule has 0 atom stereocenters. The van der Waals surface area contributed by atoms with Crippen LogP contribution in [0.2, 0.25) is 0 Å². The first kappa shape index (κ1) is 16.0. The topological polar surface area (TPSA) is 16.8 Å². The molecule has 3 rings (SSSR count). The van der Waals surface area contributed by atoms with Crippen LogP contribution in [0.1, 0.15) is 5.56 Å².